The van der Waals surface area contributed by atoms with Gasteiger partial charge >= 0.3 is 5.97 Å². The van der Waals surface area contributed by atoms with E-state index in [1.165, 1.54) is 0 Å². The number of aromatic amines is 1. The van der Waals surface area contributed by atoms with Crippen molar-refractivity contribution in [1.82, 2.24) is 10.2 Å². The smallest absolute Gasteiger partial charge is 0.338 e. The minimum Gasteiger partial charge on any atom is -0.462 e. The largest absolute Gasteiger partial charge is 0.462 e. The zero-order chi connectivity index (χ0) is 19.2. The number of anilines is 1. The van der Waals surface area contributed by atoms with Gasteiger partial charge in [-0.25, -0.2) is 9.89 Å². The molecule has 3 rings (SSSR count). The Morgan fingerprint density at radius 2 is 1.78 bits per heavy atom. The van der Waals surface area contributed by atoms with E-state index in [1.54, 1.807) is 48.5 Å². The molecule has 7 heteroatoms. The van der Waals surface area contributed by atoms with Crippen molar-refractivity contribution in [1.29, 1.82) is 0 Å². The highest BCUT2D eigenvalue weighted by Crippen LogP contribution is 2.16. The Morgan fingerprint density at radius 1 is 1.07 bits per heavy atom. The molecule has 1 heterocycles. The van der Waals surface area contributed by atoms with E-state index in [9.17, 15) is 14.4 Å². The summed E-state index contributed by atoms with van der Waals surface area (Å²) in [6.45, 7) is 2.41. The van der Waals surface area contributed by atoms with E-state index < -0.39 is 11.9 Å². The summed E-state index contributed by atoms with van der Waals surface area (Å²) in [4.78, 5) is 36.3. The van der Waals surface area contributed by atoms with E-state index in [4.69, 9.17) is 4.74 Å². The number of hydrogen-bond acceptors (Lipinski definition) is 5. The van der Waals surface area contributed by atoms with Crippen LogP contribution in [0.4, 0.5) is 5.69 Å². The molecule has 0 aliphatic heterocycles. The Kier molecular flexibility index (Phi) is 5.61. The number of carbonyl (C=O) groups excluding carboxylic acids is 2. The summed E-state index contributed by atoms with van der Waals surface area (Å²) >= 11 is 0. The third-order valence-corrected chi connectivity index (χ3v) is 4.02. The summed E-state index contributed by atoms with van der Waals surface area (Å²) in [6.07, 6.45) is 1.77. The quantitative estimate of drug-likeness (QED) is 0.516. The lowest BCUT2D eigenvalue weighted by Crippen LogP contribution is -2.19. The summed E-state index contributed by atoms with van der Waals surface area (Å²) in [7, 11) is 0. The lowest BCUT2D eigenvalue weighted by Gasteiger charge is -2.08. The summed E-state index contributed by atoms with van der Waals surface area (Å²) in [5.41, 5.74) is 0.681. The number of unbranched alkanes of at least 4 members (excludes halogenated alkanes) is 1. The highest BCUT2D eigenvalue weighted by atomic mass is 16.5. The van der Waals surface area contributed by atoms with E-state index >= 15 is 0 Å². The van der Waals surface area contributed by atoms with Gasteiger partial charge in [0.15, 0.2) is 5.69 Å². The van der Waals surface area contributed by atoms with Crippen molar-refractivity contribution in [2.75, 3.05) is 11.9 Å². The van der Waals surface area contributed by atoms with Gasteiger partial charge in [-0.3, -0.25) is 9.59 Å². The molecule has 0 aliphatic carbocycles. The third kappa shape index (κ3) is 4.20. The van der Waals surface area contributed by atoms with Crippen molar-refractivity contribution in [3.05, 3.63) is 70.1 Å². The van der Waals surface area contributed by atoms with Crippen LogP contribution in [0.15, 0.2) is 53.3 Å². The van der Waals surface area contributed by atoms with Gasteiger partial charge in [0.05, 0.1) is 17.6 Å². The number of nitrogens with zero attached hydrogens (tertiary/aromatic N) is 1. The van der Waals surface area contributed by atoms with Crippen LogP contribution in [-0.2, 0) is 4.74 Å². The van der Waals surface area contributed by atoms with Crippen molar-refractivity contribution in [3.8, 4) is 0 Å². The average molecular weight is 365 g/mol. The minimum atomic E-state index is -0.458. The fraction of sp³-hybridized carbons (Fsp3) is 0.200. The molecule has 0 atom stereocenters. The van der Waals surface area contributed by atoms with Crippen LogP contribution in [0.3, 0.4) is 0 Å². The first-order chi connectivity index (χ1) is 13.1. The molecule has 0 aliphatic rings. The highest BCUT2D eigenvalue weighted by Gasteiger charge is 2.14. The zero-order valence-corrected chi connectivity index (χ0v) is 14.8. The van der Waals surface area contributed by atoms with E-state index in [2.05, 4.69) is 15.5 Å². The van der Waals surface area contributed by atoms with Crippen molar-refractivity contribution in [2.24, 2.45) is 0 Å². The maximum atomic E-state index is 12.5. The Bertz CT molecular complexity index is 1030. The summed E-state index contributed by atoms with van der Waals surface area (Å²) in [6, 6.07) is 13.2. The Hall–Kier alpha value is -3.48. The molecule has 3 aromatic rings. The lowest BCUT2D eigenvalue weighted by molar-refractivity contribution is 0.0499. The van der Waals surface area contributed by atoms with Gasteiger partial charge in [0.1, 0.15) is 0 Å². The van der Waals surface area contributed by atoms with E-state index in [-0.39, 0.29) is 11.3 Å². The van der Waals surface area contributed by atoms with E-state index in [0.717, 1.165) is 12.8 Å². The predicted octanol–water partition coefficient (Wildman–Crippen LogP) is 3.13. The number of ether oxygens (including phenoxy) is 1. The summed E-state index contributed by atoms with van der Waals surface area (Å²) in [5.74, 6) is -0.852. The molecular weight excluding hydrogens is 346 g/mol. The average Bonchev–Trinajstić information content (AvgIpc) is 2.69. The molecule has 0 spiro atoms. The molecule has 1 aromatic heterocycles. The minimum absolute atomic E-state index is 0.119. The fourth-order valence-corrected chi connectivity index (χ4v) is 2.56. The van der Waals surface area contributed by atoms with Crippen LogP contribution in [0.5, 0.6) is 0 Å². The van der Waals surface area contributed by atoms with Gasteiger partial charge in [0.25, 0.3) is 11.5 Å². The number of benzene rings is 2. The number of rotatable bonds is 6. The van der Waals surface area contributed by atoms with Crippen molar-refractivity contribution >= 4 is 28.3 Å². The topological polar surface area (TPSA) is 101 Å². The Morgan fingerprint density at radius 3 is 2.48 bits per heavy atom. The maximum absolute atomic E-state index is 12.5. The molecule has 27 heavy (non-hydrogen) atoms. The molecule has 2 aromatic carbocycles. The predicted molar refractivity (Wildman–Crippen MR) is 102 cm³/mol. The molecule has 0 radical (unpaired) electrons. The number of carbonyl (C=O) groups is 2. The van der Waals surface area contributed by atoms with Crippen LogP contribution in [-0.4, -0.2) is 28.7 Å². The van der Waals surface area contributed by atoms with E-state index in [0.29, 0.717) is 28.6 Å². The molecule has 0 fully saturated rings. The maximum Gasteiger partial charge on any atom is 0.338 e. The zero-order valence-electron chi connectivity index (χ0n) is 14.8. The number of nitrogens with one attached hydrogen (secondary N) is 2. The van der Waals surface area contributed by atoms with Crippen molar-refractivity contribution in [2.45, 2.75) is 19.8 Å². The SMILES string of the molecule is CCCCOC(=O)c1ccc(NC(=O)c2n[nH]c(=O)c3ccccc23)cc1. The number of hydrogen-bond donors (Lipinski definition) is 2. The van der Waals surface area contributed by atoms with Gasteiger partial charge in [-0.15, -0.1) is 0 Å². The summed E-state index contributed by atoms with van der Waals surface area (Å²) < 4.78 is 5.15. The van der Waals surface area contributed by atoms with Gasteiger partial charge in [-0.05, 0) is 36.8 Å². The monoisotopic (exact) mass is 365 g/mol. The first kappa shape index (κ1) is 18.3. The molecular formula is C20H19N3O4. The number of esters is 1. The second-order valence-electron chi connectivity index (χ2n) is 5.97. The molecule has 0 saturated carbocycles. The number of fused-ring (bicyclic) bond motifs is 1. The van der Waals surface area contributed by atoms with Crippen LogP contribution < -0.4 is 10.9 Å². The molecule has 1 amide bonds. The first-order valence-electron chi connectivity index (χ1n) is 8.66. The molecule has 0 saturated heterocycles. The standard InChI is InChI=1S/C20H19N3O4/c1-2-3-12-27-20(26)13-8-10-14(11-9-13)21-19(25)17-15-6-4-5-7-16(15)18(24)23-22-17/h4-11H,2-3,12H2,1H3,(H,21,25)(H,23,24). The van der Waals surface area contributed by atoms with Gasteiger partial charge in [0.2, 0.25) is 0 Å². The van der Waals surface area contributed by atoms with Crippen molar-refractivity contribution in [3.63, 3.8) is 0 Å². The molecule has 138 valence electrons. The van der Waals surface area contributed by atoms with Crippen LogP contribution in [0.2, 0.25) is 0 Å². The fourth-order valence-electron chi connectivity index (χ4n) is 2.56. The van der Waals surface area contributed by atoms with Crippen LogP contribution in [0.25, 0.3) is 10.8 Å². The van der Waals surface area contributed by atoms with Gasteiger partial charge < -0.3 is 10.1 Å². The third-order valence-electron chi connectivity index (χ3n) is 4.02. The molecule has 7 nitrogen and oxygen atoms in total. The van der Waals surface area contributed by atoms with Crippen LogP contribution >= 0.6 is 0 Å². The number of aromatic nitrogens is 2. The lowest BCUT2D eigenvalue weighted by atomic mass is 10.1. The summed E-state index contributed by atoms with van der Waals surface area (Å²) in [5, 5.41) is 9.77. The normalized spacial score (nSPS) is 10.6. The van der Waals surface area contributed by atoms with Crippen LogP contribution in [0.1, 0.15) is 40.6 Å². The second-order valence-corrected chi connectivity index (χ2v) is 5.97. The van der Waals surface area contributed by atoms with Crippen molar-refractivity contribution < 1.29 is 14.3 Å². The first-order valence-corrected chi connectivity index (χ1v) is 8.66. The number of amides is 1. The van der Waals surface area contributed by atoms with E-state index in [1.807, 2.05) is 6.92 Å². The van der Waals surface area contributed by atoms with Gasteiger partial charge in [-0.1, -0.05) is 31.5 Å². The van der Waals surface area contributed by atoms with Gasteiger partial charge in [0, 0.05) is 11.1 Å². The van der Waals surface area contributed by atoms with Crippen LogP contribution in [0, 0.1) is 0 Å². The second kappa shape index (κ2) is 8.27. The number of H-pyrrole nitrogens is 1. The van der Waals surface area contributed by atoms with Gasteiger partial charge in [-0.2, -0.15) is 5.10 Å². The molecule has 0 unspecified atom stereocenters. The highest BCUT2D eigenvalue weighted by molar-refractivity contribution is 6.11. The molecule has 0 bridgehead atoms. The Labute approximate surface area is 155 Å². The Balaban J connectivity index is 1.74. The molecule has 2 N–H and O–H groups in total.